The summed E-state index contributed by atoms with van der Waals surface area (Å²) in [6.07, 6.45) is 3.62. The van der Waals surface area contributed by atoms with Crippen molar-refractivity contribution in [2.45, 2.75) is 20.4 Å². The van der Waals surface area contributed by atoms with Crippen molar-refractivity contribution >= 4 is 5.91 Å². The molecule has 1 fully saturated rings. The van der Waals surface area contributed by atoms with E-state index in [-0.39, 0.29) is 5.91 Å². The number of hydrogen-bond acceptors (Lipinski definition) is 5. The third-order valence-corrected chi connectivity index (χ3v) is 5.34. The van der Waals surface area contributed by atoms with Crippen LogP contribution in [0, 0.1) is 13.8 Å². The van der Waals surface area contributed by atoms with Gasteiger partial charge in [-0.15, -0.1) is 0 Å². The number of nitrogens with zero attached hydrogens (tertiary/aromatic N) is 4. The first-order valence-corrected chi connectivity index (χ1v) is 9.55. The molecule has 0 saturated carbocycles. The molecule has 0 aliphatic carbocycles. The fraction of sp³-hybridized carbons (Fsp3) is 0.318. The van der Waals surface area contributed by atoms with E-state index in [4.69, 9.17) is 4.52 Å². The molecule has 1 aliphatic heterocycles. The van der Waals surface area contributed by atoms with Crippen LogP contribution in [0.25, 0.3) is 11.3 Å². The molecule has 6 nitrogen and oxygen atoms in total. The van der Waals surface area contributed by atoms with Gasteiger partial charge in [0.1, 0.15) is 0 Å². The Bertz CT molecular complexity index is 960. The minimum absolute atomic E-state index is 0.0672. The van der Waals surface area contributed by atoms with E-state index >= 15 is 0 Å². The lowest BCUT2D eigenvalue weighted by atomic mass is 10.0. The second-order valence-electron chi connectivity index (χ2n) is 7.30. The summed E-state index contributed by atoms with van der Waals surface area (Å²) in [5.41, 5.74) is 4.97. The first-order valence-electron chi connectivity index (χ1n) is 9.55. The van der Waals surface area contributed by atoms with Crippen molar-refractivity contribution in [1.29, 1.82) is 0 Å². The lowest BCUT2D eigenvalue weighted by Gasteiger charge is -2.34. The largest absolute Gasteiger partial charge is 0.355 e. The van der Waals surface area contributed by atoms with Crippen LogP contribution in [0.3, 0.4) is 0 Å². The van der Waals surface area contributed by atoms with E-state index in [1.807, 2.05) is 35.5 Å². The lowest BCUT2D eigenvalue weighted by Crippen LogP contribution is -2.48. The summed E-state index contributed by atoms with van der Waals surface area (Å²) >= 11 is 0. The molecule has 28 heavy (non-hydrogen) atoms. The highest BCUT2D eigenvalue weighted by Crippen LogP contribution is 2.23. The van der Waals surface area contributed by atoms with E-state index in [1.54, 1.807) is 6.07 Å². The molecule has 0 bridgehead atoms. The van der Waals surface area contributed by atoms with Gasteiger partial charge in [0.15, 0.2) is 11.5 Å². The Morgan fingerprint density at radius 2 is 1.75 bits per heavy atom. The van der Waals surface area contributed by atoms with E-state index in [2.05, 4.69) is 41.0 Å². The fourth-order valence-electron chi connectivity index (χ4n) is 3.42. The fourth-order valence-corrected chi connectivity index (χ4v) is 3.42. The van der Waals surface area contributed by atoms with Crippen molar-refractivity contribution in [3.8, 4) is 11.3 Å². The second-order valence-corrected chi connectivity index (χ2v) is 7.30. The van der Waals surface area contributed by atoms with Crippen LogP contribution in [0.1, 0.15) is 27.2 Å². The Hall–Kier alpha value is -2.99. The van der Waals surface area contributed by atoms with Crippen LogP contribution < -0.4 is 0 Å². The summed E-state index contributed by atoms with van der Waals surface area (Å²) in [5.74, 6) is 0.560. The number of amides is 1. The molecule has 2 aromatic heterocycles. The van der Waals surface area contributed by atoms with E-state index in [9.17, 15) is 4.79 Å². The van der Waals surface area contributed by atoms with Crippen molar-refractivity contribution in [3.05, 3.63) is 71.2 Å². The van der Waals surface area contributed by atoms with Gasteiger partial charge in [0.05, 0.1) is 0 Å². The molecule has 1 saturated heterocycles. The van der Waals surface area contributed by atoms with Crippen molar-refractivity contribution in [1.82, 2.24) is 19.9 Å². The number of hydrogen-bond donors (Lipinski definition) is 0. The summed E-state index contributed by atoms with van der Waals surface area (Å²) in [4.78, 5) is 21.1. The zero-order valence-corrected chi connectivity index (χ0v) is 16.3. The number of carbonyl (C=O) groups excluding carboxylic acids is 1. The lowest BCUT2D eigenvalue weighted by molar-refractivity contribution is 0.0618. The minimum atomic E-state index is -0.0672. The van der Waals surface area contributed by atoms with E-state index in [1.165, 1.54) is 16.7 Å². The van der Waals surface area contributed by atoms with Gasteiger partial charge in [-0.1, -0.05) is 17.3 Å². The average Bonchev–Trinajstić information content (AvgIpc) is 3.21. The number of rotatable bonds is 4. The molecule has 4 rings (SSSR count). The summed E-state index contributed by atoms with van der Waals surface area (Å²) in [5, 5.41) is 4.02. The van der Waals surface area contributed by atoms with Crippen molar-refractivity contribution in [2.75, 3.05) is 26.2 Å². The zero-order valence-electron chi connectivity index (χ0n) is 16.3. The summed E-state index contributed by atoms with van der Waals surface area (Å²) in [6, 6.07) is 11.9. The molecule has 0 radical (unpaired) electrons. The zero-order chi connectivity index (χ0) is 19.5. The number of carbonyl (C=O) groups is 1. The molecule has 0 N–H and O–H groups in total. The van der Waals surface area contributed by atoms with Crippen molar-refractivity contribution in [3.63, 3.8) is 0 Å². The third kappa shape index (κ3) is 3.97. The molecule has 144 valence electrons. The Balaban J connectivity index is 1.38. The van der Waals surface area contributed by atoms with E-state index in [0.717, 1.165) is 25.2 Å². The van der Waals surface area contributed by atoms with E-state index < -0.39 is 0 Å². The van der Waals surface area contributed by atoms with Gasteiger partial charge in [0, 0.05) is 56.7 Å². The molecule has 1 aliphatic rings. The molecular weight excluding hydrogens is 352 g/mol. The third-order valence-electron chi connectivity index (χ3n) is 5.34. The Kier molecular flexibility index (Phi) is 5.21. The van der Waals surface area contributed by atoms with Crippen LogP contribution in [0.5, 0.6) is 0 Å². The predicted octanol–water partition coefficient (Wildman–Crippen LogP) is 3.31. The standard InChI is InChI=1S/C22H24N4O2/c1-16-3-4-19(13-17(16)2)21-14-20(24-28-21)22(27)26-11-9-25(10-12-26)15-18-5-7-23-8-6-18/h3-8,13-14H,9-12,15H2,1-2H3. The van der Waals surface area contributed by atoms with Gasteiger partial charge in [-0.2, -0.15) is 0 Å². The number of pyridine rings is 1. The van der Waals surface area contributed by atoms with Crippen LogP contribution >= 0.6 is 0 Å². The van der Waals surface area contributed by atoms with Crippen LogP contribution in [-0.2, 0) is 6.54 Å². The van der Waals surface area contributed by atoms with Gasteiger partial charge in [-0.25, -0.2) is 0 Å². The monoisotopic (exact) mass is 376 g/mol. The van der Waals surface area contributed by atoms with Gasteiger partial charge < -0.3 is 9.42 Å². The summed E-state index contributed by atoms with van der Waals surface area (Å²) in [7, 11) is 0. The molecule has 3 aromatic rings. The number of aryl methyl sites for hydroxylation is 2. The van der Waals surface area contributed by atoms with Gasteiger partial charge in [-0.05, 0) is 48.7 Å². The van der Waals surface area contributed by atoms with Gasteiger partial charge in [-0.3, -0.25) is 14.7 Å². The maximum absolute atomic E-state index is 12.8. The number of benzene rings is 1. The van der Waals surface area contributed by atoms with Crippen molar-refractivity contribution in [2.24, 2.45) is 0 Å². The van der Waals surface area contributed by atoms with Crippen molar-refractivity contribution < 1.29 is 9.32 Å². The molecule has 0 unspecified atom stereocenters. The van der Waals surface area contributed by atoms with Crippen LogP contribution in [0.2, 0.25) is 0 Å². The highest BCUT2D eigenvalue weighted by atomic mass is 16.5. The van der Waals surface area contributed by atoms with Crippen LogP contribution in [-0.4, -0.2) is 52.0 Å². The molecule has 3 heterocycles. The highest BCUT2D eigenvalue weighted by molar-refractivity contribution is 5.93. The van der Waals surface area contributed by atoms with E-state index in [0.29, 0.717) is 24.5 Å². The Labute approximate surface area is 164 Å². The molecule has 0 spiro atoms. The molecule has 1 amide bonds. The minimum Gasteiger partial charge on any atom is -0.355 e. The van der Waals surface area contributed by atoms with Gasteiger partial charge in [0.2, 0.25) is 0 Å². The van der Waals surface area contributed by atoms with Gasteiger partial charge in [0.25, 0.3) is 5.91 Å². The SMILES string of the molecule is Cc1ccc(-c2cc(C(=O)N3CCN(Cc4ccncc4)CC3)no2)cc1C. The number of aromatic nitrogens is 2. The highest BCUT2D eigenvalue weighted by Gasteiger charge is 2.24. The molecule has 0 atom stereocenters. The quantitative estimate of drug-likeness (QED) is 0.699. The summed E-state index contributed by atoms with van der Waals surface area (Å²) < 4.78 is 5.44. The van der Waals surface area contributed by atoms with Crippen LogP contribution in [0.4, 0.5) is 0 Å². The smallest absolute Gasteiger partial charge is 0.276 e. The van der Waals surface area contributed by atoms with Gasteiger partial charge >= 0.3 is 0 Å². The Morgan fingerprint density at radius 1 is 1.00 bits per heavy atom. The van der Waals surface area contributed by atoms with Crippen LogP contribution in [0.15, 0.2) is 53.3 Å². The normalized spacial score (nSPS) is 15.0. The Morgan fingerprint density at radius 3 is 2.46 bits per heavy atom. The second kappa shape index (κ2) is 7.94. The first kappa shape index (κ1) is 18.4. The molecule has 1 aromatic carbocycles. The first-order chi connectivity index (χ1) is 13.6. The topological polar surface area (TPSA) is 62.5 Å². The average molecular weight is 376 g/mol. The predicted molar refractivity (Wildman–Crippen MR) is 107 cm³/mol. The maximum atomic E-state index is 12.8. The maximum Gasteiger partial charge on any atom is 0.276 e. The molecular formula is C22H24N4O2. The number of piperazine rings is 1. The summed E-state index contributed by atoms with van der Waals surface area (Å²) in [6.45, 7) is 8.08. The molecule has 6 heteroatoms.